The van der Waals surface area contributed by atoms with Gasteiger partial charge in [0.2, 0.25) is 0 Å². The van der Waals surface area contributed by atoms with Gasteiger partial charge in [0.25, 0.3) is 0 Å². The number of aryl methyl sites for hydroxylation is 1. The Balaban J connectivity index is 2.09. The van der Waals surface area contributed by atoms with Crippen molar-refractivity contribution in [2.45, 2.75) is 26.0 Å². The van der Waals surface area contributed by atoms with Gasteiger partial charge in [-0.1, -0.05) is 0 Å². The molecular weight excluding hydrogens is 194 g/mol. The molecule has 0 aliphatic rings. The van der Waals surface area contributed by atoms with Crippen molar-refractivity contribution in [1.29, 1.82) is 0 Å². The lowest BCUT2D eigenvalue weighted by Crippen LogP contribution is -2.23. The number of rotatable bonds is 7. The lowest BCUT2D eigenvalue weighted by atomic mass is 10.2. The molecule has 4 nitrogen and oxygen atoms in total. The van der Waals surface area contributed by atoms with Crippen molar-refractivity contribution in [2.24, 2.45) is 0 Å². The lowest BCUT2D eigenvalue weighted by molar-refractivity contribution is 0.0593. The summed E-state index contributed by atoms with van der Waals surface area (Å²) in [4.78, 5) is 0. The van der Waals surface area contributed by atoms with Crippen molar-refractivity contribution in [1.82, 2.24) is 5.32 Å². The van der Waals surface area contributed by atoms with Gasteiger partial charge in [0.1, 0.15) is 5.76 Å². The maximum atomic E-state index is 9.37. The molecule has 1 atom stereocenters. The summed E-state index contributed by atoms with van der Waals surface area (Å²) in [5.41, 5.74) is 1.15. The highest BCUT2D eigenvalue weighted by atomic mass is 16.5. The first-order chi connectivity index (χ1) is 7.24. The van der Waals surface area contributed by atoms with Crippen LogP contribution in [-0.2, 0) is 11.3 Å². The van der Waals surface area contributed by atoms with Crippen LogP contribution in [0.15, 0.2) is 16.7 Å². The van der Waals surface area contributed by atoms with Crippen molar-refractivity contribution in [3.05, 3.63) is 23.7 Å². The number of nitrogens with one attached hydrogen (secondary N) is 1. The van der Waals surface area contributed by atoms with Crippen LogP contribution >= 0.6 is 0 Å². The summed E-state index contributed by atoms with van der Waals surface area (Å²) in [6, 6.07) is 1.94. The molecule has 0 saturated heterocycles. The van der Waals surface area contributed by atoms with Gasteiger partial charge in [-0.2, -0.15) is 0 Å². The molecule has 86 valence electrons. The van der Waals surface area contributed by atoms with Gasteiger partial charge < -0.3 is 19.6 Å². The lowest BCUT2D eigenvalue weighted by Gasteiger charge is -2.09. The summed E-state index contributed by atoms with van der Waals surface area (Å²) in [5.74, 6) is 0.955. The number of ether oxygens (including phenoxy) is 1. The second kappa shape index (κ2) is 6.61. The standard InChI is InChI=1S/C11H19NO3/c1-9-4-6-15-11(9)7-12-5-3-10(13)8-14-2/h4,6,10,12-13H,3,5,7-8H2,1-2H3. The summed E-state index contributed by atoms with van der Waals surface area (Å²) in [7, 11) is 1.59. The van der Waals surface area contributed by atoms with E-state index in [1.165, 1.54) is 0 Å². The molecule has 0 radical (unpaired) electrons. The molecule has 4 heteroatoms. The van der Waals surface area contributed by atoms with Crippen LogP contribution in [0.4, 0.5) is 0 Å². The van der Waals surface area contributed by atoms with Crippen LogP contribution in [0.1, 0.15) is 17.7 Å². The highest BCUT2D eigenvalue weighted by Gasteiger charge is 2.04. The quantitative estimate of drug-likeness (QED) is 0.665. The molecule has 0 bridgehead atoms. The molecule has 1 aromatic rings. The zero-order valence-electron chi connectivity index (χ0n) is 9.32. The van der Waals surface area contributed by atoms with Gasteiger partial charge in [-0.3, -0.25) is 0 Å². The second-order valence-corrected chi connectivity index (χ2v) is 3.60. The van der Waals surface area contributed by atoms with E-state index in [1.807, 2.05) is 13.0 Å². The van der Waals surface area contributed by atoms with Crippen molar-refractivity contribution in [3.63, 3.8) is 0 Å². The van der Waals surface area contributed by atoms with E-state index < -0.39 is 0 Å². The van der Waals surface area contributed by atoms with Crippen LogP contribution in [0.25, 0.3) is 0 Å². The Labute approximate surface area is 90.2 Å². The highest BCUT2D eigenvalue weighted by molar-refractivity contribution is 5.13. The largest absolute Gasteiger partial charge is 0.468 e. The molecule has 2 N–H and O–H groups in total. The minimum absolute atomic E-state index is 0.389. The average molecular weight is 213 g/mol. The maximum Gasteiger partial charge on any atom is 0.120 e. The molecule has 0 aromatic carbocycles. The van der Waals surface area contributed by atoms with Crippen LogP contribution in [0.5, 0.6) is 0 Å². The zero-order valence-corrected chi connectivity index (χ0v) is 9.32. The van der Waals surface area contributed by atoms with Crippen LogP contribution in [0.2, 0.25) is 0 Å². The molecule has 0 spiro atoms. The summed E-state index contributed by atoms with van der Waals surface area (Å²) in [5, 5.41) is 12.6. The molecule has 1 unspecified atom stereocenters. The fourth-order valence-electron chi connectivity index (χ4n) is 1.33. The van der Waals surface area contributed by atoms with Crippen LogP contribution in [0, 0.1) is 6.92 Å². The predicted octanol–water partition coefficient (Wildman–Crippen LogP) is 1.08. The summed E-state index contributed by atoms with van der Waals surface area (Å²) >= 11 is 0. The van der Waals surface area contributed by atoms with E-state index in [4.69, 9.17) is 9.15 Å². The number of hydrogen-bond acceptors (Lipinski definition) is 4. The van der Waals surface area contributed by atoms with E-state index in [9.17, 15) is 5.11 Å². The summed E-state index contributed by atoms with van der Waals surface area (Å²) < 4.78 is 10.1. The molecular formula is C11H19NO3. The average Bonchev–Trinajstić information content (AvgIpc) is 2.60. The van der Waals surface area contributed by atoms with Gasteiger partial charge >= 0.3 is 0 Å². The van der Waals surface area contributed by atoms with Crippen molar-refractivity contribution in [2.75, 3.05) is 20.3 Å². The SMILES string of the molecule is COCC(O)CCNCc1occc1C. The Morgan fingerprint density at radius 3 is 3.00 bits per heavy atom. The first-order valence-corrected chi connectivity index (χ1v) is 5.14. The smallest absolute Gasteiger partial charge is 0.120 e. The Hall–Kier alpha value is -0.840. The van der Waals surface area contributed by atoms with Gasteiger partial charge in [-0.05, 0) is 31.5 Å². The third kappa shape index (κ3) is 4.46. The Bertz CT molecular complexity index is 273. The van der Waals surface area contributed by atoms with Crippen LogP contribution < -0.4 is 5.32 Å². The third-order valence-corrected chi connectivity index (χ3v) is 2.27. The molecule has 1 rings (SSSR count). The number of methoxy groups -OCH3 is 1. The third-order valence-electron chi connectivity index (χ3n) is 2.27. The molecule has 0 amide bonds. The van der Waals surface area contributed by atoms with Crippen LogP contribution in [-0.4, -0.2) is 31.5 Å². The highest BCUT2D eigenvalue weighted by Crippen LogP contribution is 2.07. The second-order valence-electron chi connectivity index (χ2n) is 3.60. The fraction of sp³-hybridized carbons (Fsp3) is 0.636. The Morgan fingerprint density at radius 1 is 1.60 bits per heavy atom. The van der Waals surface area contributed by atoms with E-state index in [-0.39, 0.29) is 6.10 Å². The van der Waals surface area contributed by atoms with Gasteiger partial charge in [0.15, 0.2) is 0 Å². The molecule has 15 heavy (non-hydrogen) atoms. The van der Waals surface area contributed by atoms with Gasteiger partial charge in [-0.25, -0.2) is 0 Å². The molecule has 0 aliphatic heterocycles. The molecule has 0 aliphatic carbocycles. The molecule has 0 fully saturated rings. The minimum atomic E-state index is -0.389. The number of aliphatic hydroxyl groups is 1. The fourth-order valence-corrected chi connectivity index (χ4v) is 1.33. The zero-order chi connectivity index (χ0) is 11.1. The van der Waals surface area contributed by atoms with E-state index >= 15 is 0 Å². The van der Waals surface area contributed by atoms with Crippen molar-refractivity contribution in [3.8, 4) is 0 Å². The van der Waals surface area contributed by atoms with E-state index in [0.717, 1.165) is 17.9 Å². The van der Waals surface area contributed by atoms with E-state index in [1.54, 1.807) is 13.4 Å². The maximum absolute atomic E-state index is 9.37. The normalized spacial score (nSPS) is 13.0. The topological polar surface area (TPSA) is 54.6 Å². The minimum Gasteiger partial charge on any atom is -0.468 e. The first kappa shape index (κ1) is 12.2. The molecule has 1 aromatic heterocycles. The summed E-state index contributed by atoms with van der Waals surface area (Å²) in [6.45, 7) is 3.87. The van der Waals surface area contributed by atoms with Crippen molar-refractivity contribution >= 4 is 0 Å². The number of hydrogen-bond donors (Lipinski definition) is 2. The Morgan fingerprint density at radius 2 is 2.40 bits per heavy atom. The van der Waals surface area contributed by atoms with Gasteiger partial charge in [-0.15, -0.1) is 0 Å². The number of aliphatic hydroxyl groups excluding tert-OH is 1. The van der Waals surface area contributed by atoms with Crippen molar-refractivity contribution < 1.29 is 14.3 Å². The Kier molecular flexibility index (Phi) is 5.39. The van der Waals surface area contributed by atoms with E-state index in [0.29, 0.717) is 19.6 Å². The molecule has 1 heterocycles. The molecule has 0 saturated carbocycles. The first-order valence-electron chi connectivity index (χ1n) is 5.14. The van der Waals surface area contributed by atoms with E-state index in [2.05, 4.69) is 5.32 Å². The number of furan rings is 1. The van der Waals surface area contributed by atoms with Gasteiger partial charge in [0.05, 0.1) is 25.5 Å². The predicted molar refractivity (Wildman–Crippen MR) is 57.7 cm³/mol. The summed E-state index contributed by atoms with van der Waals surface area (Å²) in [6.07, 6.45) is 1.99. The monoisotopic (exact) mass is 213 g/mol. The van der Waals surface area contributed by atoms with Crippen LogP contribution in [0.3, 0.4) is 0 Å². The van der Waals surface area contributed by atoms with Gasteiger partial charge in [0, 0.05) is 7.11 Å².